The van der Waals surface area contributed by atoms with Crippen LogP contribution in [-0.4, -0.2) is 42.9 Å². The van der Waals surface area contributed by atoms with E-state index >= 15 is 0 Å². The molecule has 0 atom stereocenters. The molecule has 1 aliphatic rings. The predicted molar refractivity (Wildman–Crippen MR) is 72.1 cm³/mol. The Labute approximate surface area is 118 Å². The molecule has 0 bridgehead atoms. The van der Waals surface area contributed by atoms with Gasteiger partial charge in [-0.1, -0.05) is 0 Å². The quantitative estimate of drug-likeness (QED) is 0.678. The number of sulfonamides is 1. The molecule has 2 aromatic rings. The molecule has 1 fully saturated rings. The topological polar surface area (TPSA) is 138 Å². The molecule has 2 heterocycles. The summed E-state index contributed by atoms with van der Waals surface area (Å²) in [5, 5.41) is 2.44. The third kappa shape index (κ3) is 2.38. The van der Waals surface area contributed by atoms with Gasteiger partial charge in [0.15, 0.2) is 5.58 Å². The van der Waals surface area contributed by atoms with Gasteiger partial charge < -0.3 is 15.5 Å². The Morgan fingerprint density at radius 2 is 2.14 bits per heavy atom. The van der Waals surface area contributed by atoms with E-state index in [1.807, 2.05) is 0 Å². The second-order valence-electron chi connectivity index (χ2n) is 4.70. The number of aromatic amines is 1. The fraction of sp³-hybridized carbons (Fsp3) is 0.273. The summed E-state index contributed by atoms with van der Waals surface area (Å²) >= 11 is 0. The Morgan fingerprint density at radius 1 is 1.43 bits per heavy atom. The van der Waals surface area contributed by atoms with Crippen LogP contribution in [0.15, 0.2) is 32.3 Å². The van der Waals surface area contributed by atoms with Crippen LogP contribution in [0.2, 0.25) is 0 Å². The number of oxazole rings is 1. The molecular formula is C11H12N4O5S. The van der Waals surface area contributed by atoms with Crippen molar-refractivity contribution in [2.24, 2.45) is 5.73 Å². The third-order valence-corrected chi connectivity index (χ3v) is 5.05. The van der Waals surface area contributed by atoms with Crippen LogP contribution in [0.5, 0.6) is 0 Å². The molecule has 1 saturated heterocycles. The molecule has 4 N–H and O–H groups in total. The van der Waals surface area contributed by atoms with E-state index in [1.54, 1.807) is 0 Å². The molecule has 112 valence electrons. The van der Waals surface area contributed by atoms with Gasteiger partial charge in [-0.2, -0.15) is 4.31 Å². The summed E-state index contributed by atoms with van der Waals surface area (Å²) in [4.78, 5) is 24.2. The van der Waals surface area contributed by atoms with Gasteiger partial charge in [-0.05, 0) is 18.2 Å². The summed E-state index contributed by atoms with van der Waals surface area (Å²) in [7, 11) is -3.68. The number of carbonyl (C=O) groups is 1. The molecule has 21 heavy (non-hydrogen) atoms. The largest absolute Gasteiger partial charge is 0.417 e. The highest BCUT2D eigenvalue weighted by atomic mass is 32.2. The standard InChI is InChI=1S/C11H12N4O5S/c12-10(16)13-6-4-15(5-6)21(18,19)7-1-2-9-8(3-7)14-11(17)20-9/h1-3,6H,4-5H2,(H,14,17)(H3,12,13,16). The van der Waals surface area contributed by atoms with E-state index < -0.39 is 21.8 Å². The molecule has 1 aliphatic heterocycles. The van der Waals surface area contributed by atoms with Crippen LogP contribution in [0.25, 0.3) is 11.1 Å². The zero-order valence-corrected chi connectivity index (χ0v) is 11.5. The highest BCUT2D eigenvalue weighted by Gasteiger charge is 2.37. The summed E-state index contributed by atoms with van der Waals surface area (Å²) in [5.74, 6) is -0.644. The number of amides is 2. The number of nitrogens with zero attached hydrogens (tertiary/aromatic N) is 1. The first-order chi connectivity index (χ1) is 9.86. The zero-order valence-electron chi connectivity index (χ0n) is 10.7. The molecule has 2 amide bonds. The van der Waals surface area contributed by atoms with Crippen LogP contribution in [0.1, 0.15) is 0 Å². The number of rotatable bonds is 3. The maximum atomic E-state index is 12.4. The van der Waals surface area contributed by atoms with Crippen molar-refractivity contribution in [1.29, 1.82) is 0 Å². The minimum absolute atomic E-state index is 0.0459. The molecular weight excluding hydrogens is 300 g/mol. The zero-order chi connectivity index (χ0) is 15.2. The predicted octanol–water partition coefficient (Wildman–Crippen LogP) is -0.838. The minimum atomic E-state index is -3.68. The number of carbonyl (C=O) groups excluding carboxylic acids is 1. The van der Waals surface area contributed by atoms with Crippen LogP contribution in [0.3, 0.4) is 0 Å². The molecule has 0 saturated carbocycles. The molecule has 0 spiro atoms. The number of aromatic nitrogens is 1. The fourth-order valence-electron chi connectivity index (χ4n) is 2.17. The van der Waals surface area contributed by atoms with Crippen molar-refractivity contribution in [3.05, 3.63) is 28.7 Å². The van der Waals surface area contributed by atoms with Gasteiger partial charge in [-0.25, -0.2) is 18.0 Å². The van der Waals surface area contributed by atoms with Gasteiger partial charge in [-0.3, -0.25) is 4.98 Å². The molecule has 10 heteroatoms. The second-order valence-corrected chi connectivity index (χ2v) is 6.64. The average molecular weight is 312 g/mol. The summed E-state index contributed by atoms with van der Waals surface area (Å²) in [6.07, 6.45) is 0. The Morgan fingerprint density at radius 3 is 2.81 bits per heavy atom. The Hall–Kier alpha value is -2.33. The van der Waals surface area contributed by atoms with E-state index in [0.29, 0.717) is 5.52 Å². The number of primary amides is 1. The Bertz CT molecular complexity index is 862. The van der Waals surface area contributed by atoms with E-state index in [0.717, 1.165) is 0 Å². The lowest BCUT2D eigenvalue weighted by atomic mass is 10.2. The van der Waals surface area contributed by atoms with Gasteiger partial charge in [0.2, 0.25) is 10.0 Å². The van der Waals surface area contributed by atoms with Gasteiger partial charge in [0, 0.05) is 13.1 Å². The summed E-state index contributed by atoms with van der Waals surface area (Å²) in [6, 6.07) is 3.15. The van der Waals surface area contributed by atoms with Crippen molar-refractivity contribution in [2.45, 2.75) is 10.9 Å². The van der Waals surface area contributed by atoms with E-state index in [4.69, 9.17) is 10.2 Å². The number of H-pyrrole nitrogens is 1. The third-order valence-electron chi connectivity index (χ3n) is 3.22. The molecule has 0 unspecified atom stereocenters. The molecule has 3 rings (SSSR count). The SMILES string of the molecule is NC(=O)NC1CN(S(=O)(=O)c2ccc3oc(=O)[nH]c3c2)C1. The Kier molecular flexibility index (Phi) is 2.99. The van der Waals surface area contributed by atoms with Crippen LogP contribution >= 0.6 is 0 Å². The summed E-state index contributed by atoms with van der Waals surface area (Å²) in [5.41, 5.74) is 5.57. The number of nitrogens with two attached hydrogens (primary N) is 1. The molecule has 0 aliphatic carbocycles. The van der Waals surface area contributed by atoms with Crippen molar-refractivity contribution >= 4 is 27.2 Å². The second kappa shape index (κ2) is 4.60. The smallest absolute Gasteiger partial charge is 0.408 e. The fourth-order valence-corrected chi connectivity index (χ4v) is 3.72. The monoisotopic (exact) mass is 312 g/mol. The maximum absolute atomic E-state index is 12.4. The lowest BCUT2D eigenvalue weighted by Gasteiger charge is -2.37. The molecule has 1 aromatic heterocycles. The van der Waals surface area contributed by atoms with E-state index in [-0.39, 0.29) is 29.6 Å². The number of benzene rings is 1. The number of nitrogens with one attached hydrogen (secondary N) is 2. The summed E-state index contributed by atoms with van der Waals surface area (Å²) in [6.45, 7) is 0.316. The van der Waals surface area contributed by atoms with Crippen LogP contribution in [0.4, 0.5) is 4.79 Å². The number of fused-ring (bicyclic) bond motifs is 1. The van der Waals surface area contributed by atoms with Gasteiger partial charge >= 0.3 is 11.8 Å². The highest BCUT2D eigenvalue weighted by Crippen LogP contribution is 2.23. The van der Waals surface area contributed by atoms with Crippen molar-refractivity contribution in [3.63, 3.8) is 0 Å². The number of hydrogen-bond donors (Lipinski definition) is 3. The van der Waals surface area contributed by atoms with Crippen molar-refractivity contribution < 1.29 is 17.6 Å². The number of urea groups is 1. The van der Waals surface area contributed by atoms with Crippen LogP contribution in [-0.2, 0) is 10.0 Å². The lowest BCUT2D eigenvalue weighted by Crippen LogP contribution is -2.61. The minimum Gasteiger partial charge on any atom is -0.408 e. The van der Waals surface area contributed by atoms with Gasteiger partial charge in [0.05, 0.1) is 16.5 Å². The van der Waals surface area contributed by atoms with Crippen LogP contribution < -0.4 is 16.8 Å². The normalized spacial score (nSPS) is 16.8. The Balaban J connectivity index is 1.84. The van der Waals surface area contributed by atoms with E-state index in [2.05, 4.69) is 10.3 Å². The van der Waals surface area contributed by atoms with Gasteiger partial charge in [0.1, 0.15) is 0 Å². The highest BCUT2D eigenvalue weighted by molar-refractivity contribution is 7.89. The van der Waals surface area contributed by atoms with Crippen molar-refractivity contribution in [2.75, 3.05) is 13.1 Å². The summed E-state index contributed by atoms with van der Waals surface area (Å²) < 4.78 is 30.7. The molecule has 1 aromatic carbocycles. The maximum Gasteiger partial charge on any atom is 0.417 e. The first-order valence-corrected chi connectivity index (χ1v) is 7.49. The van der Waals surface area contributed by atoms with E-state index in [1.165, 1.54) is 22.5 Å². The first kappa shape index (κ1) is 13.6. The molecule has 9 nitrogen and oxygen atoms in total. The van der Waals surface area contributed by atoms with Gasteiger partial charge in [0.25, 0.3) is 0 Å². The van der Waals surface area contributed by atoms with Crippen molar-refractivity contribution in [3.8, 4) is 0 Å². The van der Waals surface area contributed by atoms with E-state index in [9.17, 15) is 18.0 Å². The molecule has 0 radical (unpaired) electrons. The first-order valence-electron chi connectivity index (χ1n) is 6.05. The van der Waals surface area contributed by atoms with Gasteiger partial charge in [-0.15, -0.1) is 0 Å². The lowest BCUT2D eigenvalue weighted by molar-refractivity contribution is 0.211. The number of hydrogen-bond acceptors (Lipinski definition) is 5. The van der Waals surface area contributed by atoms with Crippen LogP contribution in [0, 0.1) is 0 Å². The average Bonchev–Trinajstić information content (AvgIpc) is 2.71. The van der Waals surface area contributed by atoms with Crippen molar-refractivity contribution in [1.82, 2.24) is 14.6 Å².